The number of rotatable bonds is 6. The van der Waals surface area contributed by atoms with Gasteiger partial charge < -0.3 is 14.2 Å². The minimum absolute atomic E-state index is 0.367. The average Bonchev–Trinajstić information content (AvgIpc) is 2.99. The predicted molar refractivity (Wildman–Crippen MR) is 110 cm³/mol. The maximum atomic E-state index is 12.3. The molecule has 0 fully saturated rings. The van der Waals surface area contributed by atoms with Gasteiger partial charge in [-0.05, 0) is 66.5 Å². The molecule has 2 aromatic carbocycles. The lowest BCUT2D eigenvalue weighted by molar-refractivity contribution is -0.130. The topological polar surface area (TPSA) is 44.8 Å². The molecule has 0 radical (unpaired) electrons. The van der Waals surface area contributed by atoms with Crippen molar-refractivity contribution in [2.24, 2.45) is 0 Å². The molecular weight excluding hydrogens is 408 g/mol. The third-order valence-electron chi connectivity index (χ3n) is 4.00. The molecule has 0 aromatic heterocycles. The van der Waals surface area contributed by atoms with Gasteiger partial charge in [0.1, 0.15) is 5.76 Å². The van der Waals surface area contributed by atoms with E-state index in [9.17, 15) is 4.79 Å². The summed E-state index contributed by atoms with van der Waals surface area (Å²) in [5, 5.41) is 0. The minimum Gasteiger partial charge on any atom is -0.490 e. The summed E-state index contributed by atoms with van der Waals surface area (Å²) in [6.45, 7) is 6.91. The van der Waals surface area contributed by atoms with E-state index in [0.717, 1.165) is 21.2 Å². The van der Waals surface area contributed by atoms with Crippen LogP contribution in [0.2, 0.25) is 0 Å². The van der Waals surface area contributed by atoms with E-state index >= 15 is 0 Å². The van der Waals surface area contributed by atoms with Crippen molar-refractivity contribution in [1.82, 2.24) is 0 Å². The van der Waals surface area contributed by atoms with Crippen molar-refractivity contribution in [3.8, 4) is 11.5 Å². The lowest BCUT2D eigenvalue weighted by atomic mass is 10.1. The number of carbonyl (C=O) groups is 1. The number of halogens is 1. The summed E-state index contributed by atoms with van der Waals surface area (Å²) in [4.78, 5) is 12.3. The maximum absolute atomic E-state index is 12.3. The number of cyclic esters (lactones) is 1. The lowest BCUT2D eigenvalue weighted by Gasteiger charge is -2.13. The van der Waals surface area contributed by atoms with Crippen LogP contribution in [0, 0.1) is 6.92 Å². The van der Waals surface area contributed by atoms with Gasteiger partial charge in [0.15, 0.2) is 11.5 Å². The fourth-order valence-corrected chi connectivity index (χ4v) is 3.32. The van der Waals surface area contributed by atoms with Crippen LogP contribution in [0.15, 0.2) is 52.5 Å². The molecule has 27 heavy (non-hydrogen) atoms. The van der Waals surface area contributed by atoms with E-state index < -0.39 is 0 Å². The molecule has 5 heteroatoms. The Hall–Kier alpha value is -2.53. The van der Waals surface area contributed by atoms with Crippen LogP contribution in [0.25, 0.3) is 11.8 Å². The van der Waals surface area contributed by atoms with Gasteiger partial charge in [-0.3, -0.25) is 0 Å². The van der Waals surface area contributed by atoms with E-state index in [0.29, 0.717) is 36.0 Å². The van der Waals surface area contributed by atoms with Crippen LogP contribution in [0.4, 0.5) is 0 Å². The Bertz CT molecular complexity index is 911. The predicted octanol–water partition coefficient (Wildman–Crippen LogP) is 5.54. The van der Waals surface area contributed by atoms with Crippen molar-refractivity contribution in [2.75, 3.05) is 13.2 Å². The average molecular weight is 429 g/mol. The molecule has 0 N–H and O–H groups in total. The number of aryl methyl sites for hydroxylation is 1. The number of carbonyl (C=O) groups excluding carboxylic acids is 1. The zero-order chi connectivity index (χ0) is 19.4. The summed E-state index contributed by atoms with van der Waals surface area (Å²) < 4.78 is 17.5. The molecule has 0 unspecified atom stereocenters. The van der Waals surface area contributed by atoms with Gasteiger partial charge >= 0.3 is 5.97 Å². The molecule has 1 aliphatic rings. The molecule has 0 aliphatic carbocycles. The summed E-state index contributed by atoms with van der Waals surface area (Å²) in [6.07, 6.45) is 3.55. The zero-order valence-electron chi connectivity index (χ0n) is 15.5. The molecule has 2 aromatic rings. The van der Waals surface area contributed by atoms with E-state index in [-0.39, 0.29) is 5.97 Å². The van der Waals surface area contributed by atoms with Crippen LogP contribution in [0.3, 0.4) is 0 Å². The monoisotopic (exact) mass is 428 g/mol. The van der Waals surface area contributed by atoms with Crippen LogP contribution in [0.5, 0.6) is 11.5 Å². The Morgan fingerprint density at radius 1 is 1.07 bits per heavy atom. The summed E-state index contributed by atoms with van der Waals surface area (Å²) in [5.41, 5.74) is 3.34. The van der Waals surface area contributed by atoms with E-state index in [1.54, 1.807) is 12.2 Å². The second kappa shape index (κ2) is 8.44. The molecule has 4 nitrogen and oxygen atoms in total. The van der Waals surface area contributed by atoms with Gasteiger partial charge in [-0.25, -0.2) is 4.79 Å². The molecule has 0 atom stereocenters. The van der Waals surface area contributed by atoms with Crippen LogP contribution in [0.1, 0.15) is 30.5 Å². The Balaban J connectivity index is 1.95. The summed E-state index contributed by atoms with van der Waals surface area (Å²) in [7, 11) is 0. The second-order valence-electron chi connectivity index (χ2n) is 6.06. The molecule has 3 rings (SSSR count). The molecule has 0 amide bonds. The standard InChI is InChI=1S/C22H21BrO4/c1-4-25-20-12-15(11-18(23)21(20)26-5-2)10-17-13-19(27-22(17)24)16-8-6-14(3)7-9-16/h6-13H,4-5H2,1-3H3. The zero-order valence-corrected chi connectivity index (χ0v) is 17.1. The highest BCUT2D eigenvalue weighted by Gasteiger charge is 2.22. The lowest BCUT2D eigenvalue weighted by Crippen LogP contribution is -2.00. The molecule has 1 aliphatic heterocycles. The number of hydrogen-bond acceptors (Lipinski definition) is 4. The van der Waals surface area contributed by atoms with Crippen molar-refractivity contribution >= 4 is 33.7 Å². The summed E-state index contributed by atoms with van der Waals surface area (Å²) in [5.74, 6) is 1.48. The van der Waals surface area contributed by atoms with Crippen molar-refractivity contribution in [1.29, 1.82) is 0 Å². The van der Waals surface area contributed by atoms with Crippen LogP contribution in [-0.4, -0.2) is 19.2 Å². The van der Waals surface area contributed by atoms with Crippen LogP contribution < -0.4 is 9.47 Å². The van der Waals surface area contributed by atoms with Crippen molar-refractivity contribution in [2.45, 2.75) is 20.8 Å². The van der Waals surface area contributed by atoms with Crippen molar-refractivity contribution in [3.05, 3.63) is 69.2 Å². The van der Waals surface area contributed by atoms with E-state index in [1.807, 2.05) is 57.2 Å². The van der Waals surface area contributed by atoms with Gasteiger partial charge in [-0.1, -0.05) is 29.8 Å². The second-order valence-corrected chi connectivity index (χ2v) is 6.91. The van der Waals surface area contributed by atoms with E-state index in [2.05, 4.69) is 15.9 Å². The fraction of sp³-hybridized carbons (Fsp3) is 0.227. The van der Waals surface area contributed by atoms with Gasteiger partial charge in [-0.2, -0.15) is 0 Å². The number of ether oxygens (including phenoxy) is 3. The Labute approximate surface area is 167 Å². The first-order chi connectivity index (χ1) is 13.0. The first kappa shape index (κ1) is 19.2. The first-order valence-electron chi connectivity index (χ1n) is 8.83. The van der Waals surface area contributed by atoms with Crippen molar-refractivity contribution < 1.29 is 19.0 Å². The number of esters is 1. The quantitative estimate of drug-likeness (QED) is 0.447. The van der Waals surface area contributed by atoms with E-state index in [1.165, 1.54) is 0 Å². The molecule has 0 saturated carbocycles. The Kier molecular flexibility index (Phi) is 6.01. The first-order valence-corrected chi connectivity index (χ1v) is 9.62. The van der Waals surface area contributed by atoms with Gasteiger partial charge in [-0.15, -0.1) is 0 Å². The molecule has 0 spiro atoms. The Morgan fingerprint density at radius 2 is 1.78 bits per heavy atom. The molecule has 1 heterocycles. The summed E-state index contributed by atoms with van der Waals surface area (Å²) >= 11 is 3.52. The summed E-state index contributed by atoms with van der Waals surface area (Å²) in [6, 6.07) is 11.6. The highest BCUT2D eigenvalue weighted by Crippen LogP contribution is 2.38. The van der Waals surface area contributed by atoms with Crippen molar-refractivity contribution in [3.63, 3.8) is 0 Å². The van der Waals surface area contributed by atoms with Crippen LogP contribution >= 0.6 is 15.9 Å². The van der Waals surface area contributed by atoms with E-state index in [4.69, 9.17) is 14.2 Å². The maximum Gasteiger partial charge on any atom is 0.343 e. The van der Waals surface area contributed by atoms with Gasteiger partial charge in [0.2, 0.25) is 0 Å². The van der Waals surface area contributed by atoms with Gasteiger partial charge in [0, 0.05) is 5.56 Å². The molecule has 0 bridgehead atoms. The normalized spacial score (nSPS) is 14.9. The SMILES string of the molecule is CCOc1cc(C=C2C=C(c3ccc(C)cc3)OC2=O)cc(Br)c1OCC. The van der Waals surface area contributed by atoms with Crippen LogP contribution in [-0.2, 0) is 9.53 Å². The highest BCUT2D eigenvalue weighted by atomic mass is 79.9. The number of hydrogen-bond donors (Lipinski definition) is 0. The third kappa shape index (κ3) is 4.42. The number of benzene rings is 2. The molecule has 140 valence electrons. The minimum atomic E-state index is -0.367. The van der Waals surface area contributed by atoms with Gasteiger partial charge in [0.05, 0.1) is 23.3 Å². The highest BCUT2D eigenvalue weighted by molar-refractivity contribution is 9.10. The van der Waals surface area contributed by atoms with Gasteiger partial charge in [0.25, 0.3) is 0 Å². The third-order valence-corrected chi connectivity index (χ3v) is 4.59. The smallest absolute Gasteiger partial charge is 0.343 e. The largest absolute Gasteiger partial charge is 0.490 e. The Morgan fingerprint density at radius 3 is 2.44 bits per heavy atom. The fourth-order valence-electron chi connectivity index (χ4n) is 2.75. The molecule has 0 saturated heterocycles. The molecular formula is C22H21BrO4.